The predicted octanol–water partition coefficient (Wildman–Crippen LogP) is 3.63. The van der Waals surface area contributed by atoms with Crippen LogP contribution in [0.2, 0.25) is 0 Å². The van der Waals surface area contributed by atoms with Crippen LogP contribution in [0, 0.1) is 0 Å². The molecule has 3 aromatic rings. The van der Waals surface area contributed by atoms with Gasteiger partial charge in [0.1, 0.15) is 0 Å². The van der Waals surface area contributed by atoms with Crippen molar-refractivity contribution in [3.8, 4) is 10.6 Å². The molecule has 0 saturated carbocycles. The van der Waals surface area contributed by atoms with E-state index in [0.29, 0.717) is 6.54 Å². The summed E-state index contributed by atoms with van der Waals surface area (Å²) in [6, 6.07) is 15.1. The highest BCUT2D eigenvalue weighted by Crippen LogP contribution is 2.25. The maximum Gasteiger partial charge on any atom is 0.224 e. The number of rotatable bonds is 6. The maximum absolute atomic E-state index is 12.2. The van der Waals surface area contributed by atoms with Gasteiger partial charge in [0.2, 0.25) is 11.8 Å². The van der Waals surface area contributed by atoms with Crippen LogP contribution >= 0.6 is 11.3 Å². The number of pyridine rings is 1. The van der Waals surface area contributed by atoms with E-state index >= 15 is 0 Å². The first-order valence-electron chi connectivity index (χ1n) is 8.23. The van der Waals surface area contributed by atoms with E-state index in [0.717, 1.165) is 27.4 Å². The fourth-order valence-electron chi connectivity index (χ4n) is 2.57. The first-order chi connectivity index (χ1) is 12.6. The van der Waals surface area contributed by atoms with Crippen molar-refractivity contribution in [2.45, 2.75) is 19.9 Å². The first-order valence-corrected chi connectivity index (χ1v) is 9.11. The fourth-order valence-corrected chi connectivity index (χ4v) is 3.32. The SMILES string of the molecule is CC(=O)Nc1ccc(CC(=O)NCc2cccnc2-c2cccs2)cc1. The molecule has 1 aromatic carbocycles. The lowest BCUT2D eigenvalue weighted by atomic mass is 10.1. The van der Waals surface area contributed by atoms with Crippen LogP contribution in [0.15, 0.2) is 60.1 Å². The van der Waals surface area contributed by atoms with Crippen LogP contribution in [-0.2, 0) is 22.6 Å². The topological polar surface area (TPSA) is 71.1 Å². The average molecular weight is 365 g/mol. The van der Waals surface area contributed by atoms with Crippen LogP contribution in [0.25, 0.3) is 10.6 Å². The number of thiophene rings is 1. The molecular weight excluding hydrogens is 346 g/mol. The molecule has 0 fully saturated rings. The molecule has 3 rings (SSSR count). The van der Waals surface area contributed by atoms with Gasteiger partial charge in [-0.3, -0.25) is 14.6 Å². The number of amides is 2. The number of hydrogen-bond donors (Lipinski definition) is 2. The molecule has 0 bridgehead atoms. The Morgan fingerprint density at radius 3 is 2.58 bits per heavy atom. The monoisotopic (exact) mass is 365 g/mol. The molecule has 2 heterocycles. The minimum atomic E-state index is -0.117. The molecular formula is C20H19N3O2S. The molecule has 0 spiro atoms. The van der Waals surface area contributed by atoms with Crippen LogP contribution in [-0.4, -0.2) is 16.8 Å². The Balaban J connectivity index is 1.59. The smallest absolute Gasteiger partial charge is 0.224 e. The van der Waals surface area contributed by atoms with Gasteiger partial charge in [0.25, 0.3) is 0 Å². The van der Waals surface area contributed by atoms with Crippen LogP contribution in [0.3, 0.4) is 0 Å². The zero-order valence-corrected chi connectivity index (χ0v) is 15.2. The van der Waals surface area contributed by atoms with Crippen LogP contribution < -0.4 is 10.6 Å². The Hall–Kier alpha value is -2.99. The lowest BCUT2D eigenvalue weighted by Gasteiger charge is -2.09. The highest BCUT2D eigenvalue weighted by molar-refractivity contribution is 7.13. The molecule has 5 nitrogen and oxygen atoms in total. The third kappa shape index (κ3) is 4.77. The summed E-state index contributed by atoms with van der Waals surface area (Å²) in [6.07, 6.45) is 2.05. The summed E-state index contributed by atoms with van der Waals surface area (Å²) in [4.78, 5) is 28.8. The average Bonchev–Trinajstić information content (AvgIpc) is 3.16. The van der Waals surface area contributed by atoms with Gasteiger partial charge >= 0.3 is 0 Å². The molecule has 0 aliphatic heterocycles. The molecule has 2 aromatic heterocycles. The summed E-state index contributed by atoms with van der Waals surface area (Å²) in [7, 11) is 0. The van der Waals surface area contributed by atoms with Crippen molar-refractivity contribution in [2.24, 2.45) is 0 Å². The minimum Gasteiger partial charge on any atom is -0.352 e. The number of carbonyl (C=O) groups is 2. The van der Waals surface area contributed by atoms with E-state index in [2.05, 4.69) is 15.6 Å². The van der Waals surface area contributed by atoms with Crippen LogP contribution in [0.5, 0.6) is 0 Å². The van der Waals surface area contributed by atoms with Crippen molar-refractivity contribution < 1.29 is 9.59 Å². The molecule has 0 saturated heterocycles. The summed E-state index contributed by atoms with van der Waals surface area (Å²) >= 11 is 1.63. The third-order valence-corrected chi connectivity index (χ3v) is 4.64. The van der Waals surface area contributed by atoms with Crippen molar-refractivity contribution in [3.05, 3.63) is 71.2 Å². The van der Waals surface area contributed by atoms with E-state index in [9.17, 15) is 9.59 Å². The number of hydrogen-bond acceptors (Lipinski definition) is 4. The first kappa shape index (κ1) is 17.8. The number of nitrogens with zero attached hydrogens (tertiary/aromatic N) is 1. The molecule has 0 aliphatic rings. The predicted molar refractivity (Wildman–Crippen MR) is 104 cm³/mol. The van der Waals surface area contributed by atoms with Gasteiger partial charge in [0.05, 0.1) is 17.0 Å². The van der Waals surface area contributed by atoms with Gasteiger partial charge in [0.15, 0.2) is 0 Å². The summed E-state index contributed by atoms with van der Waals surface area (Å²) in [6.45, 7) is 1.90. The zero-order valence-electron chi connectivity index (χ0n) is 14.4. The zero-order chi connectivity index (χ0) is 18.4. The lowest BCUT2D eigenvalue weighted by molar-refractivity contribution is -0.120. The summed E-state index contributed by atoms with van der Waals surface area (Å²) in [5.74, 6) is -0.174. The van der Waals surface area contributed by atoms with Crippen LogP contribution in [0.1, 0.15) is 18.1 Å². The molecule has 2 N–H and O–H groups in total. The molecule has 0 atom stereocenters. The molecule has 26 heavy (non-hydrogen) atoms. The Bertz CT molecular complexity index is 890. The second-order valence-electron chi connectivity index (χ2n) is 5.82. The van der Waals surface area contributed by atoms with Crippen molar-refractivity contribution in [1.29, 1.82) is 0 Å². The second-order valence-corrected chi connectivity index (χ2v) is 6.77. The van der Waals surface area contributed by atoms with Gasteiger partial charge in [-0.2, -0.15) is 0 Å². The lowest BCUT2D eigenvalue weighted by Crippen LogP contribution is -2.24. The van der Waals surface area contributed by atoms with Crippen molar-refractivity contribution >= 4 is 28.8 Å². The van der Waals surface area contributed by atoms with Crippen molar-refractivity contribution in [2.75, 3.05) is 5.32 Å². The number of anilines is 1. The van der Waals surface area contributed by atoms with Gasteiger partial charge < -0.3 is 10.6 Å². The van der Waals surface area contributed by atoms with Gasteiger partial charge in [-0.15, -0.1) is 11.3 Å². The van der Waals surface area contributed by atoms with Crippen molar-refractivity contribution in [1.82, 2.24) is 10.3 Å². The summed E-state index contributed by atoms with van der Waals surface area (Å²) < 4.78 is 0. The molecule has 0 unspecified atom stereocenters. The summed E-state index contributed by atoms with van der Waals surface area (Å²) in [5, 5.41) is 7.67. The van der Waals surface area contributed by atoms with Gasteiger partial charge in [-0.25, -0.2) is 0 Å². The Morgan fingerprint density at radius 2 is 1.88 bits per heavy atom. The Kier molecular flexibility index (Phi) is 5.76. The molecule has 2 amide bonds. The van der Waals surface area contributed by atoms with E-state index in [1.807, 2.05) is 41.8 Å². The quantitative estimate of drug-likeness (QED) is 0.701. The number of carbonyl (C=O) groups excluding carboxylic acids is 2. The number of nitrogens with one attached hydrogen (secondary N) is 2. The standard InChI is InChI=1S/C20H19N3O2S/c1-14(24)23-17-8-6-15(7-9-17)12-19(25)22-13-16-4-2-10-21-20(16)18-5-3-11-26-18/h2-11H,12-13H2,1H3,(H,22,25)(H,23,24). The number of aromatic nitrogens is 1. The Labute approximate surface area is 156 Å². The van der Waals surface area contributed by atoms with E-state index in [4.69, 9.17) is 0 Å². The van der Waals surface area contributed by atoms with Crippen molar-refractivity contribution in [3.63, 3.8) is 0 Å². The fraction of sp³-hybridized carbons (Fsp3) is 0.150. The molecule has 132 valence electrons. The van der Waals surface area contributed by atoms with E-state index in [1.165, 1.54) is 6.92 Å². The highest BCUT2D eigenvalue weighted by atomic mass is 32.1. The van der Waals surface area contributed by atoms with Gasteiger partial charge in [-0.1, -0.05) is 24.3 Å². The van der Waals surface area contributed by atoms with Gasteiger partial charge in [0, 0.05) is 25.4 Å². The number of benzene rings is 1. The Morgan fingerprint density at radius 1 is 1.08 bits per heavy atom. The normalized spacial score (nSPS) is 10.3. The largest absolute Gasteiger partial charge is 0.352 e. The molecule has 0 aliphatic carbocycles. The van der Waals surface area contributed by atoms with E-state index in [1.54, 1.807) is 29.7 Å². The minimum absolute atomic E-state index is 0.0572. The van der Waals surface area contributed by atoms with E-state index in [-0.39, 0.29) is 18.2 Å². The van der Waals surface area contributed by atoms with Gasteiger partial charge in [-0.05, 0) is 40.8 Å². The highest BCUT2D eigenvalue weighted by Gasteiger charge is 2.09. The molecule has 0 radical (unpaired) electrons. The molecule has 6 heteroatoms. The third-order valence-electron chi connectivity index (χ3n) is 3.76. The van der Waals surface area contributed by atoms with Crippen LogP contribution in [0.4, 0.5) is 5.69 Å². The second kappa shape index (κ2) is 8.40. The summed E-state index contributed by atoms with van der Waals surface area (Å²) in [5.41, 5.74) is 3.51. The maximum atomic E-state index is 12.2. The van der Waals surface area contributed by atoms with E-state index < -0.39 is 0 Å².